The van der Waals surface area contributed by atoms with E-state index in [0.29, 0.717) is 37.4 Å². The normalized spacial score (nSPS) is 30.2. The molecule has 2 bridgehead atoms. The van der Waals surface area contributed by atoms with Gasteiger partial charge in [0, 0.05) is 12.2 Å². The number of nitrogens with one attached hydrogen (secondary N) is 2. The summed E-state index contributed by atoms with van der Waals surface area (Å²) in [6.07, 6.45) is 2.47. The second-order valence-corrected chi connectivity index (χ2v) is 9.42. The molecule has 3 aliphatic heterocycles. The minimum absolute atomic E-state index is 0.278. The van der Waals surface area contributed by atoms with Crippen molar-refractivity contribution < 1.29 is 29.0 Å². The molecule has 0 aromatic heterocycles. The quantitative estimate of drug-likeness (QED) is 0.445. The molecular weight excluding hydrogens is 438 g/mol. The second-order valence-electron chi connectivity index (χ2n) is 9.42. The zero-order chi connectivity index (χ0) is 24.5. The fraction of sp³-hybridized carbons (Fsp3) is 0.640. The number of amides is 3. The van der Waals surface area contributed by atoms with Crippen LogP contribution in [-0.2, 0) is 19.1 Å². The Morgan fingerprint density at radius 3 is 2.65 bits per heavy atom. The van der Waals surface area contributed by atoms with Crippen LogP contribution in [0, 0.1) is 11.8 Å². The molecule has 9 heteroatoms. The summed E-state index contributed by atoms with van der Waals surface area (Å²) in [4.78, 5) is 41.8. The highest BCUT2D eigenvalue weighted by Crippen LogP contribution is 2.58. The number of fused-ring (bicyclic) bond motifs is 1. The van der Waals surface area contributed by atoms with E-state index >= 15 is 0 Å². The van der Waals surface area contributed by atoms with E-state index < -0.39 is 35.6 Å². The van der Waals surface area contributed by atoms with Crippen molar-refractivity contribution in [3.63, 3.8) is 0 Å². The van der Waals surface area contributed by atoms with E-state index in [1.807, 2.05) is 13.8 Å². The van der Waals surface area contributed by atoms with Crippen LogP contribution >= 0.6 is 0 Å². The summed E-state index contributed by atoms with van der Waals surface area (Å²) < 4.78 is 11.8. The number of anilines is 1. The van der Waals surface area contributed by atoms with Gasteiger partial charge in [-0.3, -0.25) is 14.4 Å². The molecule has 0 aliphatic carbocycles. The Balaban J connectivity index is 1.59. The first-order chi connectivity index (χ1) is 16.4. The Labute approximate surface area is 200 Å². The number of carbonyl (C=O) groups excluding carboxylic acids is 3. The molecule has 1 aromatic carbocycles. The number of hydrogen-bond acceptors (Lipinski definition) is 6. The van der Waals surface area contributed by atoms with Gasteiger partial charge in [0.1, 0.15) is 17.4 Å². The molecular formula is C25H35N3O6. The molecule has 6 atom stereocenters. The van der Waals surface area contributed by atoms with Crippen molar-refractivity contribution >= 4 is 23.4 Å². The predicted molar refractivity (Wildman–Crippen MR) is 125 cm³/mol. The van der Waals surface area contributed by atoms with E-state index in [9.17, 15) is 19.5 Å². The molecule has 0 saturated carbocycles. The van der Waals surface area contributed by atoms with Crippen LogP contribution in [-0.4, -0.2) is 71.3 Å². The lowest BCUT2D eigenvalue weighted by Crippen LogP contribution is -2.57. The van der Waals surface area contributed by atoms with E-state index in [1.54, 1.807) is 31.2 Å². The van der Waals surface area contributed by atoms with Gasteiger partial charge in [-0.15, -0.1) is 0 Å². The van der Waals surface area contributed by atoms with Crippen LogP contribution in [0.4, 0.5) is 5.69 Å². The van der Waals surface area contributed by atoms with E-state index in [1.165, 1.54) is 4.90 Å². The van der Waals surface area contributed by atoms with Crippen molar-refractivity contribution in [2.75, 3.05) is 25.1 Å². The molecule has 3 heterocycles. The maximum Gasteiger partial charge on any atom is 0.245 e. The minimum Gasteiger partial charge on any atom is -0.494 e. The first-order valence-electron chi connectivity index (χ1n) is 12.3. The van der Waals surface area contributed by atoms with E-state index in [-0.39, 0.29) is 24.3 Å². The third kappa shape index (κ3) is 4.05. The lowest BCUT2D eigenvalue weighted by Gasteiger charge is -2.35. The number of unbranched alkanes of at least 4 members (excludes halogenated alkanes) is 1. The Morgan fingerprint density at radius 2 is 2.00 bits per heavy atom. The van der Waals surface area contributed by atoms with Crippen LogP contribution in [0.15, 0.2) is 24.3 Å². The molecule has 3 fully saturated rings. The molecule has 34 heavy (non-hydrogen) atoms. The summed E-state index contributed by atoms with van der Waals surface area (Å²) in [6, 6.07) is 5.64. The van der Waals surface area contributed by atoms with Crippen molar-refractivity contribution in [3.05, 3.63) is 24.3 Å². The van der Waals surface area contributed by atoms with Gasteiger partial charge in [-0.1, -0.05) is 13.3 Å². The number of ether oxygens (including phenoxy) is 2. The molecule has 0 radical (unpaired) electrons. The summed E-state index contributed by atoms with van der Waals surface area (Å²) in [5.41, 5.74) is -0.451. The maximum atomic E-state index is 13.7. The molecule has 4 rings (SSSR count). The van der Waals surface area contributed by atoms with E-state index in [4.69, 9.17) is 9.47 Å². The number of benzene rings is 1. The van der Waals surface area contributed by atoms with E-state index in [2.05, 4.69) is 10.6 Å². The first kappa shape index (κ1) is 24.5. The summed E-state index contributed by atoms with van der Waals surface area (Å²) >= 11 is 0. The van der Waals surface area contributed by atoms with Gasteiger partial charge in [-0.2, -0.15) is 0 Å². The molecule has 2 unspecified atom stereocenters. The van der Waals surface area contributed by atoms with Gasteiger partial charge < -0.3 is 30.1 Å². The van der Waals surface area contributed by atoms with Gasteiger partial charge in [0.05, 0.1) is 37.2 Å². The maximum absolute atomic E-state index is 13.7. The fourth-order valence-electron chi connectivity index (χ4n) is 5.76. The van der Waals surface area contributed by atoms with Gasteiger partial charge in [-0.25, -0.2) is 0 Å². The first-order valence-corrected chi connectivity index (χ1v) is 12.3. The molecule has 1 aromatic rings. The SMILES string of the molecule is CCCCNC(=O)C1N([C@H](C)CO)C(=O)[C@@H]2[C@@H](C(=O)Nc3ccc(OCC)cc3)[C@H]3CCC12O3. The third-order valence-corrected chi connectivity index (χ3v) is 7.29. The Kier molecular flexibility index (Phi) is 7.14. The number of hydrogen-bond donors (Lipinski definition) is 3. The van der Waals surface area contributed by atoms with Gasteiger partial charge in [0.15, 0.2) is 0 Å². The topological polar surface area (TPSA) is 117 Å². The van der Waals surface area contributed by atoms with Gasteiger partial charge >= 0.3 is 0 Å². The van der Waals surface area contributed by atoms with Crippen LogP contribution < -0.4 is 15.4 Å². The zero-order valence-electron chi connectivity index (χ0n) is 20.1. The number of rotatable bonds is 10. The zero-order valence-corrected chi connectivity index (χ0v) is 20.1. The van der Waals surface area contributed by atoms with Crippen LogP contribution in [0.5, 0.6) is 5.75 Å². The molecule has 186 valence electrons. The summed E-state index contributed by atoms with van der Waals surface area (Å²) in [7, 11) is 0. The number of carbonyl (C=O) groups is 3. The lowest BCUT2D eigenvalue weighted by molar-refractivity contribution is -0.144. The van der Waals surface area contributed by atoms with Gasteiger partial charge in [0.2, 0.25) is 17.7 Å². The average Bonchev–Trinajstić information content (AvgIpc) is 3.47. The molecule has 3 amide bonds. The van der Waals surface area contributed by atoms with Crippen molar-refractivity contribution in [3.8, 4) is 5.75 Å². The van der Waals surface area contributed by atoms with Gasteiger partial charge in [-0.05, 0) is 57.4 Å². The predicted octanol–water partition coefficient (Wildman–Crippen LogP) is 1.70. The van der Waals surface area contributed by atoms with Crippen LogP contribution in [0.2, 0.25) is 0 Å². The molecule has 3 aliphatic rings. The highest BCUT2D eigenvalue weighted by Gasteiger charge is 2.74. The minimum atomic E-state index is -1.05. The highest BCUT2D eigenvalue weighted by atomic mass is 16.5. The monoisotopic (exact) mass is 473 g/mol. The van der Waals surface area contributed by atoms with Crippen molar-refractivity contribution in [1.82, 2.24) is 10.2 Å². The van der Waals surface area contributed by atoms with Crippen LogP contribution in [0.1, 0.15) is 46.5 Å². The number of aliphatic hydroxyl groups excluding tert-OH is 1. The molecule has 3 saturated heterocycles. The summed E-state index contributed by atoms with van der Waals surface area (Å²) in [5, 5.41) is 15.7. The van der Waals surface area contributed by atoms with Crippen LogP contribution in [0.3, 0.4) is 0 Å². The van der Waals surface area contributed by atoms with Crippen molar-refractivity contribution in [2.24, 2.45) is 11.8 Å². The average molecular weight is 474 g/mol. The van der Waals surface area contributed by atoms with E-state index in [0.717, 1.165) is 12.8 Å². The highest BCUT2D eigenvalue weighted by molar-refractivity contribution is 6.02. The number of aliphatic hydroxyl groups is 1. The number of likely N-dealkylation sites (tertiary alicyclic amines) is 1. The number of nitrogens with zero attached hydrogens (tertiary/aromatic N) is 1. The largest absolute Gasteiger partial charge is 0.494 e. The molecule has 3 N–H and O–H groups in total. The second kappa shape index (κ2) is 9.92. The molecule has 9 nitrogen and oxygen atoms in total. The molecule has 1 spiro atoms. The Hall–Kier alpha value is -2.65. The third-order valence-electron chi connectivity index (χ3n) is 7.29. The summed E-state index contributed by atoms with van der Waals surface area (Å²) in [5.74, 6) is -1.62. The van der Waals surface area contributed by atoms with Gasteiger partial charge in [0.25, 0.3) is 0 Å². The van der Waals surface area contributed by atoms with Crippen LogP contribution in [0.25, 0.3) is 0 Å². The Bertz CT molecular complexity index is 922. The van der Waals surface area contributed by atoms with Crippen molar-refractivity contribution in [2.45, 2.75) is 70.2 Å². The lowest BCUT2D eigenvalue weighted by atomic mass is 9.70. The Morgan fingerprint density at radius 1 is 1.26 bits per heavy atom. The standard InChI is InChI=1S/C25H35N3O6/c1-4-6-13-26-23(31)21-25-12-11-18(34-25)19(20(25)24(32)28(21)15(3)14-29)22(30)27-16-7-9-17(10-8-16)33-5-2/h7-10,15,18-21,29H,4-6,11-14H2,1-3H3,(H,26,31)(H,27,30)/t15-,18-,19+,20+,21?,25?/m1/s1. The smallest absolute Gasteiger partial charge is 0.245 e. The van der Waals surface area contributed by atoms with Crippen molar-refractivity contribution in [1.29, 1.82) is 0 Å². The summed E-state index contributed by atoms with van der Waals surface area (Å²) in [6.45, 7) is 6.43. The fourth-order valence-corrected chi connectivity index (χ4v) is 5.76.